The average molecular weight is 476 g/mol. The van der Waals surface area contributed by atoms with E-state index in [-0.39, 0.29) is 11.0 Å². The van der Waals surface area contributed by atoms with Gasteiger partial charge in [0.15, 0.2) is 17.9 Å². The lowest BCUT2D eigenvalue weighted by molar-refractivity contribution is -0.141. The minimum absolute atomic E-state index is 0.0666. The molecule has 0 unspecified atom stereocenters. The summed E-state index contributed by atoms with van der Waals surface area (Å²) in [5, 5.41) is 12.9. The lowest BCUT2D eigenvalue weighted by Gasteiger charge is -2.12. The number of carboxylic acid groups (broad SMARTS) is 1. The molecule has 2 aromatic heterocycles. The second kappa shape index (κ2) is 9.66. The minimum Gasteiger partial charge on any atom is -0.493 e. The fraction of sp³-hybridized carbons (Fsp3) is 0.333. The molecule has 0 spiro atoms. The van der Waals surface area contributed by atoms with Gasteiger partial charge in [0.1, 0.15) is 11.5 Å². The van der Waals surface area contributed by atoms with Crippen LogP contribution in [-0.4, -0.2) is 34.0 Å². The van der Waals surface area contributed by atoms with Crippen LogP contribution in [0.1, 0.15) is 31.0 Å². The molecule has 0 saturated heterocycles. The maximum atomic E-state index is 13.2. The third-order valence-corrected chi connectivity index (χ3v) is 5.38. The normalized spacial score (nSPS) is 11.9. The van der Waals surface area contributed by atoms with Gasteiger partial charge in [-0.1, -0.05) is 18.5 Å². The lowest BCUT2D eigenvalue weighted by Crippen LogP contribution is -2.09. The van der Waals surface area contributed by atoms with Crippen molar-refractivity contribution in [1.82, 2.24) is 9.72 Å². The molecule has 0 aliphatic heterocycles. The van der Waals surface area contributed by atoms with E-state index in [9.17, 15) is 18.0 Å². The van der Waals surface area contributed by atoms with Gasteiger partial charge in [-0.25, -0.2) is 4.79 Å². The number of aromatic nitrogens is 2. The van der Waals surface area contributed by atoms with Gasteiger partial charge in [0.25, 0.3) is 0 Å². The molecule has 0 radical (unpaired) electrons. The summed E-state index contributed by atoms with van der Waals surface area (Å²) in [7, 11) is 0. The molecule has 0 amide bonds. The van der Waals surface area contributed by atoms with Crippen molar-refractivity contribution in [2.24, 2.45) is 0 Å². The smallest absolute Gasteiger partial charge is 0.437 e. The molecule has 2 aromatic carbocycles. The van der Waals surface area contributed by atoms with E-state index in [1.54, 1.807) is 12.1 Å². The van der Waals surface area contributed by atoms with Crippen LogP contribution in [0.15, 0.2) is 47.1 Å². The first-order valence-corrected chi connectivity index (χ1v) is 10.8. The number of rotatable bonds is 10. The molecule has 180 valence electrons. The second-order valence-corrected chi connectivity index (χ2v) is 7.81. The average Bonchev–Trinajstić information content (AvgIpc) is 3.40. The van der Waals surface area contributed by atoms with E-state index in [1.807, 2.05) is 29.8 Å². The number of fused-ring (bicyclic) bond motifs is 2. The number of halogens is 3. The molecule has 0 bridgehead atoms. The Bertz CT molecular complexity index is 1310. The monoisotopic (exact) mass is 476 g/mol. The number of hydrogen-bond donors (Lipinski definition) is 1. The van der Waals surface area contributed by atoms with E-state index in [0.29, 0.717) is 49.5 Å². The van der Waals surface area contributed by atoms with Crippen molar-refractivity contribution in [2.75, 3.05) is 13.2 Å². The van der Waals surface area contributed by atoms with Crippen LogP contribution < -0.4 is 9.47 Å². The molecular weight excluding hydrogens is 453 g/mol. The summed E-state index contributed by atoms with van der Waals surface area (Å²) in [6, 6.07) is 10.2. The van der Waals surface area contributed by atoms with Crippen LogP contribution in [-0.2, 0) is 23.9 Å². The summed E-state index contributed by atoms with van der Waals surface area (Å²) in [6.45, 7) is 2.48. The zero-order chi connectivity index (χ0) is 24.3. The van der Waals surface area contributed by atoms with Crippen molar-refractivity contribution in [3.63, 3.8) is 0 Å². The Morgan fingerprint density at radius 1 is 1.18 bits per heavy atom. The molecule has 7 nitrogen and oxygen atoms in total. The van der Waals surface area contributed by atoms with Crippen LogP contribution in [0.25, 0.3) is 21.9 Å². The molecule has 4 aromatic rings. The van der Waals surface area contributed by atoms with Gasteiger partial charge in [-0.05, 0) is 48.6 Å². The maximum Gasteiger partial charge on any atom is 0.437 e. The van der Waals surface area contributed by atoms with Gasteiger partial charge in [-0.2, -0.15) is 13.2 Å². The summed E-state index contributed by atoms with van der Waals surface area (Å²) < 4.78 is 57.8. The van der Waals surface area contributed by atoms with Gasteiger partial charge in [0, 0.05) is 24.4 Å². The number of aryl methyl sites for hydroxylation is 2. The number of carboxylic acids is 1. The summed E-state index contributed by atoms with van der Waals surface area (Å²) >= 11 is 0. The van der Waals surface area contributed by atoms with E-state index in [0.717, 1.165) is 10.9 Å². The van der Waals surface area contributed by atoms with Crippen LogP contribution in [0, 0.1) is 0 Å². The first-order chi connectivity index (χ1) is 16.3. The van der Waals surface area contributed by atoms with Crippen molar-refractivity contribution < 1.29 is 37.1 Å². The van der Waals surface area contributed by atoms with E-state index in [2.05, 4.69) is 5.16 Å². The van der Waals surface area contributed by atoms with Crippen molar-refractivity contribution in [3.8, 4) is 11.5 Å². The zero-order valence-corrected chi connectivity index (χ0v) is 18.4. The quantitative estimate of drug-likeness (QED) is 0.296. The fourth-order valence-electron chi connectivity index (χ4n) is 3.88. The van der Waals surface area contributed by atoms with E-state index < -0.39 is 24.4 Å². The van der Waals surface area contributed by atoms with Crippen LogP contribution in [0.5, 0.6) is 11.5 Å². The standard InChI is InChI=1S/C24H23F3N2O5/c1-2-4-17-20(8-7-18-22(17)34-28-23(18)24(25,26)27)32-12-3-10-29-11-9-15-5-6-16(13-19(15)29)33-14-21(30)31/h5-9,11,13H,2-4,10,12,14H2,1H3,(H,30,31). The van der Waals surface area contributed by atoms with Gasteiger partial charge >= 0.3 is 12.1 Å². The number of ether oxygens (including phenoxy) is 2. The van der Waals surface area contributed by atoms with Crippen molar-refractivity contribution in [3.05, 3.63) is 53.9 Å². The number of hydrogen-bond acceptors (Lipinski definition) is 5. The van der Waals surface area contributed by atoms with Gasteiger partial charge in [0.05, 0.1) is 17.5 Å². The van der Waals surface area contributed by atoms with Gasteiger partial charge in [-0.15, -0.1) is 0 Å². The number of nitrogens with zero attached hydrogens (tertiary/aromatic N) is 2. The maximum absolute atomic E-state index is 13.2. The number of carbonyl (C=O) groups is 1. The number of alkyl halides is 3. The van der Waals surface area contributed by atoms with Crippen molar-refractivity contribution >= 4 is 27.8 Å². The Balaban J connectivity index is 1.45. The molecule has 0 fully saturated rings. The highest BCUT2D eigenvalue weighted by Gasteiger charge is 2.37. The fourth-order valence-corrected chi connectivity index (χ4v) is 3.88. The second-order valence-electron chi connectivity index (χ2n) is 7.81. The summed E-state index contributed by atoms with van der Waals surface area (Å²) in [6.07, 6.45) is -0.819. The van der Waals surface area contributed by atoms with E-state index >= 15 is 0 Å². The number of aliphatic carboxylic acids is 1. The molecule has 0 aliphatic carbocycles. The Kier molecular flexibility index (Phi) is 6.67. The molecule has 0 atom stereocenters. The summed E-state index contributed by atoms with van der Waals surface area (Å²) in [5.74, 6) is -0.0944. The molecule has 0 aliphatic rings. The van der Waals surface area contributed by atoms with E-state index in [1.165, 1.54) is 12.1 Å². The summed E-state index contributed by atoms with van der Waals surface area (Å²) in [5.41, 5.74) is 0.557. The van der Waals surface area contributed by atoms with Gasteiger partial charge < -0.3 is 23.7 Å². The van der Waals surface area contributed by atoms with Crippen LogP contribution >= 0.6 is 0 Å². The van der Waals surface area contributed by atoms with Crippen molar-refractivity contribution in [2.45, 2.75) is 38.9 Å². The molecule has 34 heavy (non-hydrogen) atoms. The highest BCUT2D eigenvalue weighted by molar-refractivity contribution is 5.85. The van der Waals surface area contributed by atoms with E-state index in [4.69, 9.17) is 19.1 Å². The van der Waals surface area contributed by atoms with Crippen molar-refractivity contribution in [1.29, 1.82) is 0 Å². The van der Waals surface area contributed by atoms with Crippen LogP contribution in [0.4, 0.5) is 13.2 Å². The Hall–Kier alpha value is -3.69. The third kappa shape index (κ3) is 4.95. The molecule has 1 N–H and O–H groups in total. The largest absolute Gasteiger partial charge is 0.493 e. The lowest BCUT2D eigenvalue weighted by atomic mass is 10.0. The third-order valence-electron chi connectivity index (χ3n) is 5.38. The Morgan fingerprint density at radius 2 is 2.00 bits per heavy atom. The highest BCUT2D eigenvalue weighted by atomic mass is 19.4. The molecule has 2 heterocycles. The summed E-state index contributed by atoms with van der Waals surface area (Å²) in [4.78, 5) is 10.7. The van der Waals surface area contributed by atoms with Gasteiger partial charge in [0.2, 0.25) is 0 Å². The first-order valence-electron chi connectivity index (χ1n) is 10.8. The predicted molar refractivity (Wildman–Crippen MR) is 118 cm³/mol. The Morgan fingerprint density at radius 3 is 2.74 bits per heavy atom. The molecule has 0 saturated carbocycles. The predicted octanol–water partition coefficient (Wildman–Crippen LogP) is 5.69. The Labute approximate surface area is 192 Å². The minimum atomic E-state index is -4.59. The highest BCUT2D eigenvalue weighted by Crippen LogP contribution is 2.38. The van der Waals surface area contributed by atoms with Gasteiger partial charge in [-0.3, -0.25) is 0 Å². The van der Waals surface area contributed by atoms with Crippen LogP contribution in [0.2, 0.25) is 0 Å². The molecule has 4 rings (SSSR count). The van der Waals surface area contributed by atoms with Crippen LogP contribution in [0.3, 0.4) is 0 Å². The SMILES string of the molecule is CCCc1c(OCCCn2ccc3ccc(OCC(=O)O)cc32)ccc2c(C(F)(F)F)noc12. The zero-order valence-electron chi connectivity index (χ0n) is 18.4. The first kappa shape index (κ1) is 23.5. The molecule has 10 heteroatoms. The topological polar surface area (TPSA) is 86.7 Å². The molecular formula is C24H23F3N2O5. The number of benzene rings is 2.